The number of benzene rings is 1. The average Bonchev–Trinajstić information content (AvgIpc) is 2.35. The van der Waals surface area contributed by atoms with Crippen LogP contribution in [0.15, 0.2) is 29.4 Å². The monoisotopic (exact) mass is 252 g/mol. The minimum atomic E-state index is 0.328. The number of hydrogen-bond donors (Lipinski definition) is 2. The molecule has 17 heavy (non-hydrogen) atoms. The highest BCUT2D eigenvalue weighted by Crippen LogP contribution is 2.17. The molecule has 0 fully saturated rings. The standard InChI is InChI=1S/C13H20N2OS/c1-11-6-2-3-7-12(11)10-17-9-5-4-8-13(14)15-16/h2-3,6-7,16H,4-5,8-10H2,1H3,(H2,14,15). The zero-order chi connectivity index (χ0) is 12.5. The lowest BCUT2D eigenvalue weighted by molar-refractivity contribution is 0.316. The molecular formula is C13H20N2OS. The molecule has 3 nitrogen and oxygen atoms in total. The van der Waals surface area contributed by atoms with E-state index < -0.39 is 0 Å². The maximum absolute atomic E-state index is 8.37. The fourth-order valence-electron chi connectivity index (χ4n) is 1.51. The van der Waals surface area contributed by atoms with Crippen molar-refractivity contribution in [3.05, 3.63) is 35.4 Å². The molecule has 94 valence electrons. The maximum atomic E-state index is 8.37. The molecule has 3 N–H and O–H groups in total. The molecule has 0 amide bonds. The van der Waals surface area contributed by atoms with Crippen LogP contribution in [0.5, 0.6) is 0 Å². The summed E-state index contributed by atoms with van der Waals surface area (Å²) in [6, 6.07) is 8.48. The normalized spacial score (nSPS) is 11.7. The summed E-state index contributed by atoms with van der Waals surface area (Å²) in [5, 5.41) is 11.3. The number of aryl methyl sites for hydroxylation is 1. The van der Waals surface area contributed by atoms with Crippen LogP contribution in [0, 0.1) is 6.92 Å². The maximum Gasteiger partial charge on any atom is 0.139 e. The summed E-state index contributed by atoms with van der Waals surface area (Å²) in [5.41, 5.74) is 8.16. The van der Waals surface area contributed by atoms with Crippen molar-refractivity contribution in [1.82, 2.24) is 0 Å². The first-order valence-corrected chi connectivity index (χ1v) is 6.98. The molecule has 1 aromatic carbocycles. The molecule has 0 heterocycles. The van der Waals surface area contributed by atoms with Crippen LogP contribution in [0.1, 0.15) is 30.4 Å². The molecule has 0 atom stereocenters. The van der Waals surface area contributed by atoms with Crippen LogP contribution in [-0.2, 0) is 5.75 Å². The predicted molar refractivity (Wildman–Crippen MR) is 74.6 cm³/mol. The third kappa shape index (κ3) is 5.63. The van der Waals surface area contributed by atoms with Gasteiger partial charge in [-0.05, 0) is 36.6 Å². The number of amidine groups is 1. The van der Waals surface area contributed by atoms with Gasteiger partial charge in [-0.2, -0.15) is 11.8 Å². The topological polar surface area (TPSA) is 58.6 Å². The smallest absolute Gasteiger partial charge is 0.139 e. The molecule has 0 saturated heterocycles. The van der Waals surface area contributed by atoms with Crippen LogP contribution in [0.4, 0.5) is 0 Å². The highest BCUT2D eigenvalue weighted by Gasteiger charge is 1.98. The number of unbranched alkanes of at least 4 members (excludes halogenated alkanes) is 1. The van der Waals surface area contributed by atoms with E-state index in [0.717, 1.165) is 24.3 Å². The van der Waals surface area contributed by atoms with Crippen molar-refractivity contribution in [3.63, 3.8) is 0 Å². The molecule has 0 aliphatic carbocycles. The number of hydrogen-bond acceptors (Lipinski definition) is 3. The van der Waals surface area contributed by atoms with Crippen LogP contribution < -0.4 is 5.73 Å². The quantitative estimate of drug-likeness (QED) is 0.258. The van der Waals surface area contributed by atoms with Crippen molar-refractivity contribution in [2.45, 2.75) is 31.9 Å². The van der Waals surface area contributed by atoms with E-state index in [1.165, 1.54) is 11.1 Å². The molecular weight excluding hydrogens is 232 g/mol. The molecule has 0 radical (unpaired) electrons. The van der Waals surface area contributed by atoms with Crippen LogP contribution in [-0.4, -0.2) is 16.8 Å². The molecule has 4 heteroatoms. The Labute approximate surface area is 107 Å². The zero-order valence-corrected chi connectivity index (χ0v) is 11.0. The highest BCUT2D eigenvalue weighted by atomic mass is 32.2. The first-order chi connectivity index (χ1) is 8.24. The van der Waals surface area contributed by atoms with Crippen molar-refractivity contribution in [3.8, 4) is 0 Å². The summed E-state index contributed by atoms with van der Waals surface area (Å²) < 4.78 is 0. The Balaban J connectivity index is 2.11. The van der Waals surface area contributed by atoms with Crippen LogP contribution >= 0.6 is 11.8 Å². The Kier molecular flexibility index (Phi) is 6.55. The molecule has 0 unspecified atom stereocenters. The van der Waals surface area contributed by atoms with Gasteiger partial charge in [0.05, 0.1) is 0 Å². The Morgan fingerprint density at radius 2 is 2.12 bits per heavy atom. The fraction of sp³-hybridized carbons (Fsp3) is 0.462. The lowest BCUT2D eigenvalue weighted by Crippen LogP contribution is -2.10. The number of thioether (sulfide) groups is 1. The van der Waals surface area contributed by atoms with E-state index in [1.807, 2.05) is 11.8 Å². The Hall–Kier alpha value is -1.16. The third-order valence-corrected chi connectivity index (χ3v) is 3.71. The van der Waals surface area contributed by atoms with Crippen molar-refractivity contribution in [2.75, 3.05) is 5.75 Å². The number of rotatable bonds is 7. The van der Waals surface area contributed by atoms with Crippen molar-refractivity contribution in [2.24, 2.45) is 10.9 Å². The molecule has 1 rings (SSSR count). The van der Waals surface area contributed by atoms with E-state index in [2.05, 4.69) is 36.3 Å². The van der Waals surface area contributed by atoms with Gasteiger partial charge in [0.2, 0.25) is 0 Å². The summed E-state index contributed by atoms with van der Waals surface area (Å²) in [7, 11) is 0. The second kappa shape index (κ2) is 8.01. The Morgan fingerprint density at radius 3 is 2.82 bits per heavy atom. The van der Waals surface area contributed by atoms with E-state index in [-0.39, 0.29) is 0 Å². The average molecular weight is 252 g/mol. The molecule has 0 aromatic heterocycles. The van der Waals surface area contributed by atoms with Gasteiger partial charge in [-0.1, -0.05) is 29.4 Å². The van der Waals surface area contributed by atoms with Gasteiger partial charge in [0.25, 0.3) is 0 Å². The molecule has 0 spiro atoms. The number of nitrogens with two attached hydrogens (primary N) is 1. The Morgan fingerprint density at radius 1 is 1.35 bits per heavy atom. The van der Waals surface area contributed by atoms with E-state index >= 15 is 0 Å². The lowest BCUT2D eigenvalue weighted by Gasteiger charge is -2.05. The molecule has 0 aliphatic heterocycles. The SMILES string of the molecule is Cc1ccccc1CSCCCCC(N)=NO. The minimum Gasteiger partial charge on any atom is -0.409 e. The van der Waals surface area contributed by atoms with Gasteiger partial charge >= 0.3 is 0 Å². The lowest BCUT2D eigenvalue weighted by atomic mass is 10.1. The van der Waals surface area contributed by atoms with Gasteiger partial charge in [0.15, 0.2) is 0 Å². The molecule has 0 aliphatic rings. The van der Waals surface area contributed by atoms with Crippen molar-refractivity contribution in [1.29, 1.82) is 0 Å². The molecule has 1 aromatic rings. The summed E-state index contributed by atoms with van der Waals surface area (Å²) >= 11 is 1.94. The summed E-state index contributed by atoms with van der Waals surface area (Å²) in [6.45, 7) is 2.15. The van der Waals surface area contributed by atoms with Crippen molar-refractivity contribution < 1.29 is 5.21 Å². The van der Waals surface area contributed by atoms with Gasteiger partial charge in [-0.15, -0.1) is 0 Å². The van der Waals surface area contributed by atoms with E-state index in [1.54, 1.807) is 0 Å². The first-order valence-electron chi connectivity index (χ1n) is 5.82. The third-order valence-electron chi connectivity index (χ3n) is 2.62. The van der Waals surface area contributed by atoms with Gasteiger partial charge in [-0.25, -0.2) is 0 Å². The van der Waals surface area contributed by atoms with Gasteiger partial charge in [0, 0.05) is 12.2 Å². The van der Waals surface area contributed by atoms with Gasteiger partial charge < -0.3 is 10.9 Å². The Bertz CT molecular complexity index is 366. The molecule has 0 bridgehead atoms. The fourth-order valence-corrected chi connectivity index (χ4v) is 2.61. The first kappa shape index (κ1) is 13.9. The van der Waals surface area contributed by atoms with Crippen LogP contribution in [0.3, 0.4) is 0 Å². The van der Waals surface area contributed by atoms with Crippen LogP contribution in [0.25, 0.3) is 0 Å². The largest absolute Gasteiger partial charge is 0.409 e. The van der Waals surface area contributed by atoms with E-state index in [4.69, 9.17) is 10.9 Å². The van der Waals surface area contributed by atoms with Crippen LogP contribution in [0.2, 0.25) is 0 Å². The number of oxime groups is 1. The van der Waals surface area contributed by atoms with Gasteiger partial charge in [0.1, 0.15) is 5.84 Å². The predicted octanol–water partition coefficient (Wildman–Crippen LogP) is 3.14. The second-order valence-corrected chi connectivity index (χ2v) is 5.13. The highest BCUT2D eigenvalue weighted by molar-refractivity contribution is 7.98. The number of nitrogens with zero attached hydrogens (tertiary/aromatic N) is 1. The van der Waals surface area contributed by atoms with E-state index in [9.17, 15) is 0 Å². The summed E-state index contributed by atoms with van der Waals surface area (Å²) in [6.07, 6.45) is 2.77. The minimum absolute atomic E-state index is 0.328. The summed E-state index contributed by atoms with van der Waals surface area (Å²) in [4.78, 5) is 0. The van der Waals surface area contributed by atoms with Gasteiger partial charge in [-0.3, -0.25) is 0 Å². The molecule has 0 saturated carbocycles. The van der Waals surface area contributed by atoms with Crippen molar-refractivity contribution >= 4 is 17.6 Å². The van der Waals surface area contributed by atoms with E-state index in [0.29, 0.717) is 12.3 Å². The second-order valence-electron chi connectivity index (χ2n) is 4.03. The summed E-state index contributed by atoms with van der Waals surface area (Å²) in [5.74, 6) is 2.51. The zero-order valence-electron chi connectivity index (χ0n) is 10.2.